The van der Waals surface area contributed by atoms with Crippen LogP contribution >= 0.6 is 0 Å². The van der Waals surface area contributed by atoms with Crippen LogP contribution in [-0.2, 0) is 9.31 Å². The molecular weight excluding hydrogens is 151 g/mol. The second-order valence-electron chi connectivity index (χ2n) is 4.02. The zero-order valence-electron chi connectivity index (χ0n) is 9.02. The molecule has 0 aromatic carbocycles. The molecule has 0 N–H and O–H groups in total. The second-order valence-corrected chi connectivity index (χ2v) is 4.02. The number of rotatable bonds is 5. The van der Waals surface area contributed by atoms with E-state index in [-0.39, 0.29) is 12.4 Å². The summed E-state index contributed by atoms with van der Waals surface area (Å²) in [7, 11) is -0.0672. The lowest BCUT2D eigenvalue weighted by Crippen LogP contribution is -2.33. The molecule has 0 radical (unpaired) electrons. The fourth-order valence-electron chi connectivity index (χ4n) is 0.924. The van der Waals surface area contributed by atoms with E-state index in [0.717, 1.165) is 13.0 Å². The molecule has 3 heteroatoms. The van der Waals surface area contributed by atoms with E-state index in [0.29, 0.717) is 6.61 Å². The van der Waals surface area contributed by atoms with Gasteiger partial charge in [-0.3, -0.25) is 0 Å². The SMILES string of the molecule is CCCOB(OCC)C(C)(C)C. The van der Waals surface area contributed by atoms with Crippen LogP contribution in [0.5, 0.6) is 0 Å². The summed E-state index contributed by atoms with van der Waals surface area (Å²) in [6, 6.07) is 0. The Labute approximate surface area is 76.8 Å². The Bertz CT molecular complexity index is 110. The second kappa shape index (κ2) is 5.60. The molecule has 0 spiro atoms. The van der Waals surface area contributed by atoms with Gasteiger partial charge in [0.25, 0.3) is 0 Å². The molecule has 72 valence electrons. The molecule has 2 nitrogen and oxygen atoms in total. The van der Waals surface area contributed by atoms with Gasteiger partial charge in [0.2, 0.25) is 0 Å². The van der Waals surface area contributed by atoms with Gasteiger partial charge in [-0.2, -0.15) is 0 Å². The van der Waals surface area contributed by atoms with Crippen molar-refractivity contribution in [1.82, 2.24) is 0 Å². The average Bonchev–Trinajstić information content (AvgIpc) is 1.95. The van der Waals surface area contributed by atoms with E-state index in [4.69, 9.17) is 9.31 Å². The van der Waals surface area contributed by atoms with E-state index in [2.05, 4.69) is 27.7 Å². The largest absolute Gasteiger partial charge is 0.462 e. The van der Waals surface area contributed by atoms with Crippen molar-refractivity contribution in [1.29, 1.82) is 0 Å². The minimum atomic E-state index is -0.0672. The van der Waals surface area contributed by atoms with Gasteiger partial charge in [-0.25, -0.2) is 0 Å². The van der Waals surface area contributed by atoms with E-state index in [1.54, 1.807) is 0 Å². The minimum Gasteiger partial charge on any atom is -0.411 e. The summed E-state index contributed by atoms with van der Waals surface area (Å²) in [6.07, 6.45) is 1.04. The van der Waals surface area contributed by atoms with E-state index in [1.807, 2.05) is 6.92 Å². The molecule has 12 heavy (non-hydrogen) atoms. The van der Waals surface area contributed by atoms with E-state index in [9.17, 15) is 0 Å². The van der Waals surface area contributed by atoms with Gasteiger partial charge < -0.3 is 9.31 Å². The quantitative estimate of drug-likeness (QED) is 0.593. The molecule has 0 saturated heterocycles. The third-order valence-corrected chi connectivity index (χ3v) is 1.50. The molecule has 0 rings (SSSR count). The van der Waals surface area contributed by atoms with Gasteiger partial charge in [-0.15, -0.1) is 0 Å². The highest BCUT2D eigenvalue weighted by molar-refractivity contribution is 6.48. The van der Waals surface area contributed by atoms with E-state index in [1.165, 1.54) is 0 Å². The summed E-state index contributed by atoms with van der Waals surface area (Å²) in [4.78, 5) is 0. The molecule has 0 aromatic rings. The maximum Gasteiger partial charge on any atom is 0.462 e. The molecule has 0 unspecified atom stereocenters. The third-order valence-electron chi connectivity index (χ3n) is 1.50. The molecule has 0 atom stereocenters. The van der Waals surface area contributed by atoms with Gasteiger partial charge in [-0.1, -0.05) is 27.7 Å². The predicted octanol–water partition coefficient (Wildman–Crippen LogP) is 2.74. The van der Waals surface area contributed by atoms with Crippen molar-refractivity contribution < 1.29 is 9.31 Å². The van der Waals surface area contributed by atoms with Crippen molar-refractivity contribution >= 4 is 7.12 Å². The Kier molecular flexibility index (Phi) is 5.59. The van der Waals surface area contributed by atoms with E-state index < -0.39 is 0 Å². The Morgan fingerprint density at radius 1 is 1.08 bits per heavy atom. The van der Waals surface area contributed by atoms with Crippen LogP contribution in [0.3, 0.4) is 0 Å². The lowest BCUT2D eigenvalue weighted by Gasteiger charge is -2.25. The zero-order valence-corrected chi connectivity index (χ0v) is 9.02. The molecule has 0 aromatic heterocycles. The third kappa shape index (κ3) is 4.78. The molecule has 0 aliphatic heterocycles. The monoisotopic (exact) mass is 172 g/mol. The molecular formula is C9H21BO2. The van der Waals surface area contributed by atoms with Crippen molar-refractivity contribution in [2.24, 2.45) is 0 Å². The Morgan fingerprint density at radius 3 is 2.00 bits per heavy atom. The first kappa shape index (κ1) is 12.0. The lowest BCUT2D eigenvalue weighted by atomic mass is 9.61. The highest BCUT2D eigenvalue weighted by Gasteiger charge is 2.32. The fourth-order valence-corrected chi connectivity index (χ4v) is 0.924. The highest BCUT2D eigenvalue weighted by Crippen LogP contribution is 2.27. The molecule has 0 aliphatic carbocycles. The smallest absolute Gasteiger partial charge is 0.411 e. The molecule has 0 bridgehead atoms. The normalized spacial score (nSPS) is 11.8. The van der Waals surface area contributed by atoms with Crippen LogP contribution in [-0.4, -0.2) is 20.3 Å². The molecule has 0 saturated carbocycles. The molecule has 0 aliphatic rings. The number of hydrogen-bond donors (Lipinski definition) is 0. The van der Waals surface area contributed by atoms with Gasteiger partial charge in [0.05, 0.1) is 0 Å². The Balaban J connectivity index is 3.86. The Hall–Kier alpha value is -0.0151. The molecule has 0 amide bonds. The first-order chi connectivity index (χ1) is 5.52. The van der Waals surface area contributed by atoms with Crippen LogP contribution in [0.15, 0.2) is 0 Å². The van der Waals surface area contributed by atoms with Gasteiger partial charge in [-0.05, 0) is 18.7 Å². The fraction of sp³-hybridized carbons (Fsp3) is 1.00. The minimum absolute atomic E-state index is 0.0672. The Morgan fingerprint density at radius 2 is 1.67 bits per heavy atom. The van der Waals surface area contributed by atoms with Crippen molar-refractivity contribution in [3.63, 3.8) is 0 Å². The predicted molar refractivity (Wildman–Crippen MR) is 53.3 cm³/mol. The van der Waals surface area contributed by atoms with Gasteiger partial charge in [0.1, 0.15) is 0 Å². The summed E-state index contributed by atoms with van der Waals surface area (Å²) in [5.74, 6) is 0. The number of hydrogen-bond acceptors (Lipinski definition) is 2. The van der Waals surface area contributed by atoms with Gasteiger partial charge in [0.15, 0.2) is 0 Å². The van der Waals surface area contributed by atoms with Crippen molar-refractivity contribution in [3.05, 3.63) is 0 Å². The zero-order chi connectivity index (χ0) is 9.61. The van der Waals surface area contributed by atoms with Crippen LogP contribution in [0.1, 0.15) is 41.0 Å². The first-order valence-corrected chi connectivity index (χ1v) is 4.75. The first-order valence-electron chi connectivity index (χ1n) is 4.75. The van der Waals surface area contributed by atoms with Gasteiger partial charge >= 0.3 is 7.12 Å². The van der Waals surface area contributed by atoms with Crippen LogP contribution in [0.2, 0.25) is 5.31 Å². The topological polar surface area (TPSA) is 18.5 Å². The van der Waals surface area contributed by atoms with Crippen molar-refractivity contribution in [3.8, 4) is 0 Å². The van der Waals surface area contributed by atoms with Crippen LogP contribution < -0.4 is 0 Å². The van der Waals surface area contributed by atoms with Gasteiger partial charge in [0, 0.05) is 13.2 Å². The van der Waals surface area contributed by atoms with Crippen LogP contribution in [0.4, 0.5) is 0 Å². The standard InChI is InChI=1S/C9H21BO2/c1-6-8-12-10(11-7-2)9(3,4)5/h6-8H2,1-5H3. The summed E-state index contributed by atoms with van der Waals surface area (Å²) in [5.41, 5.74) is 0. The summed E-state index contributed by atoms with van der Waals surface area (Å²) < 4.78 is 11.1. The highest BCUT2D eigenvalue weighted by atomic mass is 16.6. The van der Waals surface area contributed by atoms with E-state index >= 15 is 0 Å². The van der Waals surface area contributed by atoms with Crippen LogP contribution in [0.25, 0.3) is 0 Å². The van der Waals surface area contributed by atoms with Crippen LogP contribution in [0, 0.1) is 0 Å². The lowest BCUT2D eigenvalue weighted by molar-refractivity contribution is 0.185. The van der Waals surface area contributed by atoms with Crippen molar-refractivity contribution in [2.75, 3.05) is 13.2 Å². The maximum atomic E-state index is 5.57. The summed E-state index contributed by atoms with van der Waals surface area (Å²) in [5, 5.41) is 0.0746. The maximum absolute atomic E-state index is 5.57. The average molecular weight is 172 g/mol. The summed E-state index contributed by atoms with van der Waals surface area (Å²) >= 11 is 0. The van der Waals surface area contributed by atoms with Crippen molar-refractivity contribution in [2.45, 2.75) is 46.4 Å². The molecule has 0 heterocycles. The molecule has 0 fully saturated rings. The summed E-state index contributed by atoms with van der Waals surface area (Å²) in [6.45, 7) is 12.0.